The quantitative estimate of drug-likeness (QED) is 0.738. The normalized spacial score (nSPS) is 24.4. The second-order valence-electron chi connectivity index (χ2n) is 6.90. The summed E-state index contributed by atoms with van der Waals surface area (Å²) < 4.78 is 0. The zero-order valence-corrected chi connectivity index (χ0v) is 15.7. The Morgan fingerprint density at radius 2 is 1.88 bits per heavy atom. The van der Waals surface area contributed by atoms with Crippen LogP contribution in [0.4, 0.5) is 0 Å². The molecule has 25 heavy (non-hydrogen) atoms. The zero-order chi connectivity index (χ0) is 17.9. The standard InChI is InChI=1S/C21H27NO2S/c1-3-16(23)13-21(4-2)14-25-19-8-6-5-7-18(19)20(22-21)15-9-11-17(24)12-10-15/h5-12,16,20,22-24H,3-4,13-14H2,1-2H3/t16-,20+,21+/m1/s1. The molecule has 3 rings (SSSR count). The van der Waals surface area contributed by atoms with E-state index in [-0.39, 0.29) is 23.4 Å². The van der Waals surface area contributed by atoms with Gasteiger partial charge in [-0.2, -0.15) is 0 Å². The van der Waals surface area contributed by atoms with Gasteiger partial charge in [0, 0.05) is 16.2 Å². The van der Waals surface area contributed by atoms with Crippen molar-refractivity contribution in [2.24, 2.45) is 0 Å². The molecule has 4 heteroatoms. The minimum absolute atomic E-state index is 0.0517. The molecule has 0 saturated carbocycles. The maximum Gasteiger partial charge on any atom is 0.115 e. The first-order valence-corrected chi connectivity index (χ1v) is 10.0. The van der Waals surface area contributed by atoms with Crippen molar-refractivity contribution in [2.75, 3.05) is 5.75 Å². The summed E-state index contributed by atoms with van der Waals surface area (Å²) in [5, 5.41) is 23.8. The van der Waals surface area contributed by atoms with Crippen LogP contribution in [0.3, 0.4) is 0 Å². The van der Waals surface area contributed by atoms with Crippen molar-refractivity contribution in [3.05, 3.63) is 59.7 Å². The van der Waals surface area contributed by atoms with Crippen LogP contribution in [0, 0.1) is 0 Å². The first-order valence-electron chi connectivity index (χ1n) is 9.03. The Balaban J connectivity index is 2.02. The Labute approximate surface area is 154 Å². The summed E-state index contributed by atoms with van der Waals surface area (Å²) in [7, 11) is 0. The second kappa shape index (κ2) is 7.81. The number of phenols is 1. The first-order chi connectivity index (χ1) is 12.1. The van der Waals surface area contributed by atoms with Crippen LogP contribution in [-0.2, 0) is 0 Å². The highest BCUT2D eigenvalue weighted by Gasteiger charge is 2.37. The molecule has 0 spiro atoms. The topological polar surface area (TPSA) is 52.5 Å². The summed E-state index contributed by atoms with van der Waals surface area (Å²) in [6.07, 6.45) is 2.18. The van der Waals surface area contributed by atoms with Crippen LogP contribution in [0.2, 0.25) is 0 Å². The minimum atomic E-state index is -0.297. The number of hydrogen-bond acceptors (Lipinski definition) is 4. The van der Waals surface area contributed by atoms with Crippen molar-refractivity contribution >= 4 is 11.8 Å². The third kappa shape index (κ3) is 4.02. The molecule has 1 aliphatic heterocycles. The van der Waals surface area contributed by atoms with Crippen molar-refractivity contribution in [1.29, 1.82) is 0 Å². The predicted octanol–water partition coefficient (Wildman–Crippen LogP) is 4.49. The van der Waals surface area contributed by atoms with E-state index in [1.807, 2.05) is 30.8 Å². The fourth-order valence-corrected chi connectivity index (χ4v) is 4.85. The van der Waals surface area contributed by atoms with E-state index < -0.39 is 0 Å². The number of benzene rings is 2. The number of rotatable bonds is 5. The average Bonchev–Trinajstić information content (AvgIpc) is 2.80. The van der Waals surface area contributed by atoms with Gasteiger partial charge in [0.15, 0.2) is 0 Å². The molecular weight excluding hydrogens is 330 g/mol. The van der Waals surface area contributed by atoms with Crippen molar-refractivity contribution in [3.63, 3.8) is 0 Å². The van der Waals surface area contributed by atoms with Gasteiger partial charge in [0.25, 0.3) is 0 Å². The molecule has 0 bridgehead atoms. The molecule has 3 N–H and O–H groups in total. The predicted molar refractivity (Wildman–Crippen MR) is 104 cm³/mol. The number of fused-ring (bicyclic) bond motifs is 1. The Morgan fingerprint density at radius 1 is 1.16 bits per heavy atom. The molecule has 1 heterocycles. The molecule has 0 aromatic heterocycles. The van der Waals surface area contributed by atoms with Gasteiger partial charge < -0.3 is 10.2 Å². The smallest absolute Gasteiger partial charge is 0.115 e. The summed E-state index contributed by atoms with van der Waals surface area (Å²) in [4.78, 5) is 1.29. The van der Waals surface area contributed by atoms with E-state index in [9.17, 15) is 10.2 Å². The van der Waals surface area contributed by atoms with Gasteiger partial charge in [-0.1, -0.05) is 44.2 Å². The van der Waals surface area contributed by atoms with E-state index in [1.165, 1.54) is 10.5 Å². The van der Waals surface area contributed by atoms with Gasteiger partial charge in [-0.3, -0.25) is 5.32 Å². The SMILES string of the molecule is CC[C@@H](O)C[C@@]1(CC)CSc2ccccc2[C@H](c2ccc(O)cc2)N1. The maximum absolute atomic E-state index is 10.3. The number of hydrogen-bond donors (Lipinski definition) is 3. The Hall–Kier alpha value is -1.49. The van der Waals surface area contributed by atoms with E-state index in [4.69, 9.17) is 0 Å². The van der Waals surface area contributed by atoms with Crippen LogP contribution >= 0.6 is 11.8 Å². The summed E-state index contributed by atoms with van der Waals surface area (Å²) in [5.74, 6) is 1.22. The fourth-order valence-electron chi connectivity index (χ4n) is 3.48. The molecule has 3 nitrogen and oxygen atoms in total. The molecular formula is C21H27NO2S. The highest BCUT2D eigenvalue weighted by molar-refractivity contribution is 7.99. The average molecular weight is 358 g/mol. The van der Waals surface area contributed by atoms with Gasteiger partial charge in [-0.15, -0.1) is 11.8 Å². The van der Waals surface area contributed by atoms with Crippen LogP contribution in [0.15, 0.2) is 53.4 Å². The Kier molecular flexibility index (Phi) is 5.72. The minimum Gasteiger partial charge on any atom is -0.508 e. The van der Waals surface area contributed by atoms with Crippen molar-refractivity contribution in [2.45, 2.75) is 55.7 Å². The molecule has 134 valence electrons. The fraction of sp³-hybridized carbons (Fsp3) is 0.429. The van der Waals surface area contributed by atoms with Crippen LogP contribution in [0.1, 0.15) is 50.3 Å². The lowest BCUT2D eigenvalue weighted by Crippen LogP contribution is -2.50. The Bertz CT molecular complexity index is 703. The number of aliphatic hydroxyl groups excluding tert-OH is 1. The summed E-state index contributed by atoms with van der Waals surface area (Å²) in [6.45, 7) is 4.23. The van der Waals surface area contributed by atoms with Crippen LogP contribution in [0.25, 0.3) is 0 Å². The lowest BCUT2D eigenvalue weighted by molar-refractivity contribution is 0.116. The highest BCUT2D eigenvalue weighted by Crippen LogP contribution is 2.40. The van der Waals surface area contributed by atoms with E-state index in [2.05, 4.69) is 36.5 Å². The summed E-state index contributed by atoms with van der Waals surface area (Å²) in [6, 6.07) is 16.0. The van der Waals surface area contributed by atoms with Crippen molar-refractivity contribution in [3.8, 4) is 5.75 Å². The van der Waals surface area contributed by atoms with Gasteiger partial charge >= 0.3 is 0 Å². The first kappa shape index (κ1) is 18.3. The zero-order valence-electron chi connectivity index (χ0n) is 14.9. The number of aliphatic hydroxyl groups is 1. The van der Waals surface area contributed by atoms with Gasteiger partial charge in [-0.05, 0) is 48.6 Å². The number of nitrogens with one attached hydrogen (secondary N) is 1. The van der Waals surface area contributed by atoms with Crippen LogP contribution in [-0.4, -0.2) is 27.6 Å². The second-order valence-corrected chi connectivity index (χ2v) is 7.91. The van der Waals surface area contributed by atoms with Crippen molar-refractivity contribution < 1.29 is 10.2 Å². The number of phenolic OH excluding ortho intramolecular Hbond substituents is 1. The molecule has 3 atom stereocenters. The lowest BCUT2D eigenvalue weighted by Gasteiger charge is -2.37. The molecule has 0 amide bonds. The largest absolute Gasteiger partial charge is 0.508 e. The third-order valence-electron chi connectivity index (χ3n) is 5.19. The molecule has 1 aliphatic rings. The monoisotopic (exact) mass is 357 g/mol. The number of thioether (sulfide) groups is 1. The molecule has 2 aromatic carbocycles. The van der Waals surface area contributed by atoms with E-state index >= 15 is 0 Å². The third-order valence-corrected chi connectivity index (χ3v) is 6.57. The molecule has 0 aliphatic carbocycles. The van der Waals surface area contributed by atoms with E-state index in [0.717, 1.165) is 30.6 Å². The van der Waals surface area contributed by atoms with Gasteiger partial charge in [0.05, 0.1) is 12.1 Å². The van der Waals surface area contributed by atoms with Gasteiger partial charge in [0.1, 0.15) is 5.75 Å². The molecule has 0 fully saturated rings. The maximum atomic E-state index is 10.3. The molecule has 0 unspecified atom stereocenters. The van der Waals surface area contributed by atoms with Crippen LogP contribution < -0.4 is 5.32 Å². The highest BCUT2D eigenvalue weighted by atomic mass is 32.2. The molecule has 0 radical (unpaired) electrons. The Morgan fingerprint density at radius 3 is 2.56 bits per heavy atom. The van der Waals surface area contributed by atoms with E-state index in [1.54, 1.807) is 12.1 Å². The van der Waals surface area contributed by atoms with Gasteiger partial charge in [0.2, 0.25) is 0 Å². The molecule has 2 aromatic rings. The number of aromatic hydroxyl groups is 1. The summed E-state index contributed by atoms with van der Waals surface area (Å²) in [5.41, 5.74) is 2.28. The van der Waals surface area contributed by atoms with Crippen molar-refractivity contribution in [1.82, 2.24) is 5.32 Å². The van der Waals surface area contributed by atoms with E-state index in [0.29, 0.717) is 0 Å². The van der Waals surface area contributed by atoms with Crippen LogP contribution in [0.5, 0.6) is 5.75 Å². The summed E-state index contributed by atoms with van der Waals surface area (Å²) >= 11 is 1.87. The molecule has 0 saturated heterocycles. The van der Waals surface area contributed by atoms with Gasteiger partial charge in [-0.25, -0.2) is 0 Å². The lowest BCUT2D eigenvalue weighted by atomic mass is 9.87.